The second kappa shape index (κ2) is 5.41. The van der Waals surface area contributed by atoms with Gasteiger partial charge in [-0.1, -0.05) is 0 Å². The molecule has 14 heavy (non-hydrogen) atoms. The van der Waals surface area contributed by atoms with Gasteiger partial charge in [-0.3, -0.25) is 4.98 Å². The molecule has 0 saturated heterocycles. The summed E-state index contributed by atoms with van der Waals surface area (Å²) < 4.78 is 0. The summed E-state index contributed by atoms with van der Waals surface area (Å²) in [6, 6.07) is 2.05. The minimum absolute atomic E-state index is 0.0598. The maximum Gasteiger partial charge on any atom is 0.0321 e. The van der Waals surface area contributed by atoms with Crippen LogP contribution in [0.5, 0.6) is 0 Å². The molecule has 2 N–H and O–H groups in total. The minimum atomic E-state index is 0.0598. The van der Waals surface area contributed by atoms with Gasteiger partial charge < -0.3 is 5.73 Å². The van der Waals surface area contributed by atoms with Gasteiger partial charge >= 0.3 is 0 Å². The van der Waals surface area contributed by atoms with E-state index in [2.05, 4.69) is 23.7 Å². The van der Waals surface area contributed by atoms with Crippen molar-refractivity contribution in [1.82, 2.24) is 4.98 Å². The first-order valence-corrected chi connectivity index (χ1v) is 4.81. The molecule has 0 amide bonds. The summed E-state index contributed by atoms with van der Waals surface area (Å²) in [5.41, 5.74) is 8.36. The molecule has 74 valence electrons. The van der Waals surface area contributed by atoms with E-state index in [9.17, 15) is 0 Å². The Morgan fingerprint density at radius 1 is 1.57 bits per heavy atom. The first-order chi connectivity index (χ1) is 6.75. The van der Waals surface area contributed by atoms with Gasteiger partial charge in [0.15, 0.2) is 0 Å². The van der Waals surface area contributed by atoms with Crippen molar-refractivity contribution in [1.29, 1.82) is 0 Å². The van der Waals surface area contributed by atoms with Crippen molar-refractivity contribution < 1.29 is 0 Å². The number of pyridine rings is 1. The van der Waals surface area contributed by atoms with E-state index >= 15 is 0 Å². The van der Waals surface area contributed by atoms with Crippen molar-refractivity contribution in [3.05, 3.63) is 29.6 Å². The third kappa shape index (κ3) is 2.86. The number of hydrogen-bond acceptors (Lipinski definition) is 2. The number of nitrogens with two attached hydrogens (primary N) is 1. The van der Waals surface area contributed by atoms with Crippen LogP contribution in [0.4, 0.5) is 0 Å². The molecule has 1 atom stereocenters. The van der Waals surface area contributed by atoms with Gasteiger partial charge in [-0.05, 0) is 37.5 Å². The SMILES string of the molecule is CC#CCCC(N)c1cnccc1C. The summed E-state index contributed by atoms with van der Waals surface area (Å²) in [6.07, 6.45) is 5.39. The second-order valence-corrected chi connectivity index (χ2v) is 3.30. The molecule has 0 spiro atoms. The molecule has 1 rings (SSSR count). The van der Waals surface area contributed by atoms with Crippen LogP contribution in [0.25, 0.3) is 0 Å². The average molecular weight is 188 g/mol. The van der Waals surface area contributed by atoms with Crippen LogP contribution in [0.3, 0.4) is 0 Å². The average Bonchev–Trinajstić information content (AvgIpc) is 2.18. The Morgan fingerprint density at radius 3 is 3.00 bits per heavy atom. The summed E-state index contributed by atoms with van der Waals surface area (Å²) in [5, 5.41) is 0. The summed E-state index contributed by atoms with van der Waals surface area (Å²) in [5.74, 6) is 5.89. The Hall–Kier alpha value is -1.33. The highest BCUT2D eigenvalue weighted by Gasteiger charge is 2.07. The quantitative estimate of drug-likeness (QED) is 0.738. The van der Waals surface area contributed by atoms with Crippen LogP contribution in [0, 0.1) is 18.8 Å². The van der Waals surface area contributed by atoms with E-state index in [0.717, 1.165) is 18.4 Å². The topological polar surface area (TPSA) is 38.9 Å². The molecule has 0 aliphatic heterocycles. The monoisotopic (exact) mass is 188 g/mol. The van der Waals surface area contributed by atoms with Crippen molar-refractivity contribution in [2.75, 3.05) is 0 Å². The molecule has 0 bridgehead atoms. The molecular formula is C12H16N2. The fraction of sp³-hybridized carbons (Fsp3) is 0.417. The van der Waals surface area contributed by atoms with Gasteiger partial charge in [0.25, 0.3) is 0 Å². The summed E-state index contributed by atoms with van der Waals surface area (Å²) >= 11 is 0. The van der Waals surface area contributed by atoms with Crippen molar-refractivity contribution >= 4 is 0 Å². The lowest BCUT2D eigenvalue weighted by molar-refractivity contribution is 0.660. The van der Waals surface area contributed by atoms with Gasteiger partial charge in [-0.25, -0.2) is 0 Å². The lowest BCUT2D eigenvalue weighted by Gasteiger charge is -2.12. The highest BCUT2D eigenvalue weighted by atomic mass is 14.7. The number of aryl methyl sites for hydroxylation is 1. The zero-order valence-corrected chi connectivity index (χ0v) is 8.75. The number of hydrogen-bond donors (Lipinski definition) is 1. The van der Waals surface area contributed by atoms with Gasteiger partial charge in [0.1, 0.15) is 0 Å². The summed E-state index contributed by atoms with van der Waals surface area (Å²) in [4.78, 5) is 4.08. The van der Waals surface area contributed by atoms with E-state index in [1.807, 2.05) is 19.2 Å². The van der Waals surface area contributed by atoms with E-state index in [-0.39, 0.29) is 6.04 Å². The molecule has 1 heterocycles. The van der Waals surface area contributed by atoms with Crippen LogP contribution in [-0.4, -0.2) is 4.98 Å². The molecule has 0 saturated carbocycles. The molecule has 0 radical (unpaired) electrons. The molecule has 2 nitrogen and oxygen atoms in total. The van der Waals surface area contributed by atoms with E-state index in [4.69, 9.17) is 5.73 Å². The smallest absolute Gasteiger partial charge is 0.0321 e. The normalized spacial score (nSPS) is 11.6. The number of rotatable bonds is 3. The Labute approximate surface area is 85.5 Å². The third-order valence-electron chi connectivity index (χ3n) is 2.24. The third-order valence-corrected chi connectivity index (χ3v) is 2.24. The highest BCUT2D eigenvalue weighted by molar-refractivity contribution is 5.24. The molecule has 1 aromatic heterocycles. The van der Waals surface area contributed by atoms with Gasteiger partial charge in [0.2, 0.25) is 0 Å². The Balaban J connectivity index is 2.63. The van der Waals surface area contributed by atoms with E-state index in [1.165, 1.54) is 5.56 Å². The Morgan fingerprint density at radius 2 is 2.36 bits per heavy atom. The second-order valence-electron chi connectivity index (χ2n) is 3.30. The number of nitrogens with zero attached hydrogens (tertiary/aromatic N) is 1. The Bertz CT molecular complexity index is 347. The lowest BCUT2D eigenvalue weighted by atomic mass is 10.0. The predicted molar refractivity (Wildman–Crippen MR) is 58.6 cm³/mol. The van der Waals surface area contributed by atoms with Crippen molar-refractivity contribution in [2.24, 2.45) is 5.73 Å². The van der Waals surface area contributed by atoms with Crippen molar-refractivity contribution in [2.45, 2.75) is 32.7 Å². The highest BCUT2D eigenvalue weighted by Crippen LogP contribution is 2.17. The summed E-state index contributed by atoms with van der Waals surface area (Å²) in [6.45, 7) is 3.91. The molecule has 2 heteroatoms. The van der Waals surface area contributed by atoms with Crippen molar-refractivity contribution in [3.63, 3.8) is 0 Å². The van der Waals surface area contributed by atoms with E-state index in [1.54, 1.807) is 6.20 Å². The fourth-order valence-electron chi connectivity index (χ4n) is 1.37. The molecule has 0 aliphatic rings. The fourth-order valence-corrected chi connectivity index (χ4v) is 1.37. The maximum absolute atomic E-state index is 6.03. The van der Waals surface area contributed by atoms with Crippen molar-refractivity contribution in [3.8, 4) is 11.8 Å². The lowest BCUT2D eigenvalue weighted by Crippen LogP contribution is -2.11. The molecule has 0 aliphatic carbocycles. The maximum atomic E-state index is 6.03. The first-order valence-electron chi connectivity index (χ1n) is 4.81. The van der Waals surface area contributed by atoms with Gasteiger partial charge in [0.05, 0.1) is 0 Å². The molecule has 0 fully saturated rings. The van der Waals surface area contributed by atoms with E-state index < -0.39 is 0 Å². The molecular weight excluding hydrogens is 172 g/mol. The number of aromatic nitrogens is 1. The zero-order chi connectivity index (χ0) is 10.4. The Kier molecular flexibility index (Phi) is 4.15. The van der Waals surface area contributed by atoms with Crippen LogP contribution >= 0.6 is 0 Å². The molecule has 0 aromatic carbocycles. The molecule has 1 unspecified atom stereocenters. The standard InChI is InChI=1S/C12H16N2/c1-3-4-5-6-12(13)11-9-14-8-7-10(11)2/h7-9,12H,5-6,13H2,1-2H3. The largest absolute Gasteiger partial charge is 0.324 e. The van der Waals surface area contributed by atoms with Crippen LogP contribution in [0.2, 0.25) is 0 Å². The molecule has 1 aromatic rings. The minimum Gasteiger partial charge on any atom is -0.324 e. The first kappa shape index (κ1) is 10.7. The van der Waals surface area contributed by atoms with Crippen LogP contribution in [0.15, 0.2) is 18.5 Å². The predicted octanol–water partition coefficient (Wildman–Crippen LogP) is 2.19. The van der Waals surface area contributed by atoms with Crippen LogP contribution < -0.4 is 5.73 Å². The van der Waals surface area contributed by atoms with Crippen LogP contribution in [-0.2, 0) is 0 Å². The van der Waals surface area contributed by atoms with Gasteiger partial charge in [-0.15, -0.1) is 11.8 Å². The zero-order valence-electron chi connectivity index (χ0n) is 8.75. The van der Waals surface area contributed by atoms with Gasteiger partial charge in [0, 0.05) is 24.9 Å². The van der Waals surface area contributed by atoms with E-state index in [0.29, 0.717) is 0 Å². The van der Waals surface area contributed by atoms with Gasteiger partial charge in [-0.2, -0.15) is 0 Å². The summed E-state index contributed by atoms with van der Waals surface area (Å²) in [7, 11) is 0. The van der Waals surface area contributed by atoms with Crippen LogP contribution in [0.1, 0.15) is 36.9 Å².